The lowest BCUT2D eigenvalue weighted by Crippen LogP contribution is -2.41. The third-order valence-electron chi connectivity index (χ3n) is 5.48. The molecule has 3 rings (SSSR count). The Balaban J connectivity index is 1.70. The Morgan fingerprint density at radius 2 is 1.63 bits per heavy atom. The van der Waals surface area contributed by atoms with Gasteiger partial charge in [-0.05, 0) is 60.9 Å². The zero-order chi connectivity index (χ0) is 25.4. The first-order valence-corrected chi connectivity index (χ1v) is 12.9. The van der Waals surface area contributed by atoms with Crippen molar-refractivity contribution in [2.45, 2.75) is 31.6 Å². The van der Waals surface area contributed by atoms with Crippen molar-refractivity contribution in [1.29, 1.82) is 0 Å². The molecule has 0 aliphatic carbocycles. The van der Waals surface area contributed by atoms with E-state index in [4.69, 9.17) is 9.47 Å². The van der Waals surface area contributed by atoms with Gasteiger partial charge in [-0.1, -0.05) is 49.7 Å². The van der Waals surface area contributed by atoms with E-state index in [1.807, 2.05) is 43.3 Å². The number of sulfonamides is 1. The van der Waals surface area contributed by atoms with E-state index in [0.29, 0.717) is 17.4 Å². The van der Waals surface area contributed by atoms with Crippen LogP contribution in [0.5, 0.6) is 11.5 Å². The highest BCUT2D eigenvalue weighted by atomic mass is 32.2. The van der Waals surface area contributed by atoms with Crippen LogP contribution in [0, 0.1) is 6.92 Å². The van der Waals surface area contributed by atoms with Crippen LogP contribution in [-0.2, 0) is 14.8 Å². The summed E-state index contributed by atoms with van der Waals surface area (Å²) in [6.45, 7) is 6.25. The third kappa shape index (κ3) is 6.76. The van der Waals surface area contributed by atoms with Gasteiger partial charge in [-0.25, -0.2) is 8.42 Å². The van der Waals surface area contributed by atoms with E-state index in [1.54, 1.807) is 24.3 Å². The van der Waals surface area contributed by atoms with Crippen LogP contribution in [0.25, 0.3) is 0 Å². The van der Waals surface area contributed by atoms with Gasteiger partial charge in [0, 0.05) is 0 Å². The first-order valence-electron chi connectivity index (χ1n) is 11.4. The summed E-state index contributed by atoms with van der Waals surface area (Å²) < 4.78 is 39.0. The minimum absolute atomic E-state index is 0.0697. The highest BCUT2D eigenvalue weighted by Crippen LogP contribution is 2.26. The molecule has 0 fully saturated rings. The van der Waals surface area contributed by atoms with Crippen molar-refractivity contribution in [3.63, 3.8) is 0 Å². The Morgan fingerprint density at radius 3 is 2.26 bits per heavy atom. The van der Waals surface area contributed by atoms with E-state index in [0.717, 1.165) is 21.2 Å². The largest absolute Gasteiger partial charge is 0.497 e. The number of carbonyl (C=O) groups is 1. The molecule has 0 aliphatic rings. The zero-order valence-corrected chi connectivity index (χ0v) is 21.3. The van der Waals surface area contributed by atoms with E-state index < -0.39 is 15.9 Å². The molecule has 0 radical (unpaired) electrons. The highest BCUT2D eigenvalue weighted by Gasteiger charge is 2.27. The van der Waals surface area contributed by atoms with Gasteiger partial charge in [0.05, 0.1) is 24.2 Å². The fourth-order valence-electron chi connectivity index (χ4n) is 3.53. The molecule has 1 N–H and O–H groups in total. The number of hydrogen-bond donors (Lipinski definition) is 1. The molecule has 1 amide bonds. The second-order valence-electron chi connectivity index (χ2n) is 8.41. The topological polar surface area (TPSA) is 84.9 Å². The van der Waals surface area contributed by atoms with Crippen molar-refractivity contribution in [2.75, 3.05) is 31.1 Å². The van der Waals surface area contributed by atoms with Gasteiger partial charge in [-0.3, -0.25) is 9.10 Å². The number of nitrogens with one attached hydrogen (secondary N) is 1. The summed E-state index contributed by atoms with van der Waals surface area (Å²) >= 11 is 0. The van der Waals surface area contributed by atoms with E-state index in [-0.39, 0.29) is 24.6 Å². The Labute approximate surface area is 207 Å². The van der Waals surface area contributed by atoms with Crippen molar-refractivity contribution in [1.82, 2.24) is 5.32 Å². The number of anilines is 1. The molecular weight excluding hydrogens is 464 g/mol. The zero-order valence-electron chi connectivity index (χ0n) is 20.5. The van der Waals surface area contributed by atoms with Gasteiger partial charge in [-0.2, -0.15) is 0 Å². The van der Waals surface area contributed by atoms with E-state index in [1.165, 1.54) is 19.2 Å². The molecule has 8 heteroatoms. The summed E-state index contributed by atoms with van der Waals surface area (Å²) in [4.78, 5) is 12.8. The standard InChI is InChI=1S/C27H32N2O5S/c1-20(2)25-7-5-6-8-26(25)34-18-17-28-27(30)19-29(22-11-9-21(3)10-12-22)35(31,32)24-15-13-23(33-4)14-16-24/h5-16,20H,17-19H2,1-4H3,(H,28,30). The molecule has 0 unspecified atom stereocenters. The van der Waals surface area contributed by atoms with Crippen LogP contribution in [0.15, 0.2) is 77.7 Å². The Kier molecular flexibility index (Phi) is 8.76. The molecule has 0 saturated carbocycles. The molecule has 7 nitrogen and oxygen atoms in total. The number of ether oxygens (including phenoxy) is 2. The average molecular weight is 497 g/mol. The molecule has 0 aliphatic heterocycles. The Bertz CT molecular complexity index is 1220. The average Bonchev–Trinajstić information content (AvgIpc) is 2.86. The van der Waals surface area contributed by atoms with Crippen LogP contribution in [0.4, 0.5) is 5.69 Å². The lowest BCUT2D eigenvalue weighted by atomic mass is 10.0. The minimum Gasteiger partial charge on any atom is -0.497 e. The predicted octanol–water partition coefficient (Wildman–Crippen LogP) is 4.52. The molecule has 0 heterocycles. The molecule has 3 aromatic rings. The Hall–Kier alpha value is -3.52. The number of para-hydroxylation sites is 1. The van der Waals surface area contributed by atoms with Crippen LogP contribution in [0.1, 0.15) is 30.9 Å². The normalized spacial score (nSPS) is 11.2. The van der Waals surface area contributed by atoms with Crippen molar-refractivity contribution < 1.29 is 22.7 Å². The molecule has 0 saturated heterocycles. The van der Waals surface area contributed by atoms with Gasteiger partial charge in [0.2, 0.25) is 5.91 Å². The van der Waals surface area contributed by atoms with E-state index in [9.17, 15) is 13.2 Å². The van der Waals surface area contributed by atoms with Gasteiger partial charge in [-0.15, -0.1) is 0 Å². The molecule has 3 aromatic carbocycles. The number of hydrogen-bond acceptors (Lipinski definition) is 5. The van der Waals surface area contributed by atoms with Crippen LogP contribution in [0.2, 0.25) is 0 Å². The number of carbonyl (C=O) groups excluding carboxylic acids is 1. The molecule has 0 aromatic heterocycles. The summed E-state index contributed by atoms with van der Waals surface area (Å²) in [6, 6.07) is 20.9. The van der Waals surface area contributed by atoms with Crippen LogP contribution >= 0.6 is 0 Å². The maximum atomic E-state index is 13.4. The van der Waals surface area contributed by atoms with E-state index in [2.05, 4.69) is 19.2 Å². The first-order chi connectivity index (χ1) is 16.7. The highest BCUT2D eigenvalue weighted by molar-refractivity contribution is 7.92. The van der Waals surface area contributed by atoms with Gasteiger partial charge >= 0.3 is 0 Å². The molecule has 0 atom stereocenters. The van der Waals surface area contributed by atoms with Crippen LogP contribution in [0.3, 0.4) is 0 Å². The lowest BCUT2D eigenvalue weighted by molar-refractivity contribution is -0.119. The van der Waals surface area contributed by atoms with Gasteiger partial charge < -0.3 is 14.8 Å². The van der Waals surface area contributed by atoms with Crippen molar-refractivity contribution in [2.24, 2.45) is 0 Å². The van der Waals surface area contributed by atoms with Crippen molar-refractivity contribution >= 4 is 21.6 Å². The smallest absolute Gasteiger partial charge is 0.264 e. The maximum Gasteiger partial charge on any atom is 0.264 e. The second kappa shape index (κ2) is 11.8. The number of methoxy groups -OCH3 is 1. The summed E-state index contributed by atoms with van der Waals surface area (Å²) in [5, 5.41) is 2.76. The minimum atomic E-state index is -3.99. The number of amides is 1. The maximum absolute atomic E-state index is 13.4. The van der Waals surface area contributed by atoms with Gasteiger partial charge in [0.1, 0.15) is 24.7 Å². The SMILES string of the molecule is COc1ccc(S(=O)(=O)N(CC(=O)NCCOc2ccccc2C(C)C)c2ccc(C)cc2)cc1. The number of benzene rings is 3. The third-order valence-corrected chi connectivity index (χ3v) is 7.27. The summed E-state index contributed by atoms with van der Waals surface area (Å²) in [5.41, 5.74) is 2.48. The monoisotopic (exact) mass is 496 g/mol. The fraction of sp³-hybridized carbons (Fsp3) is 0.296. The molecule has 35 heavy (non-hydrogen) atoms. The predicted molar refractivity (Wildman–Crippen MR) is 138 cm³/mol. The van der Waals surface area contributed by atoms with E-state index >= 15 is 0 Å². The Morgan fingerprint density at radius 1 is 0.971 bits per heavy atom. The molecular formula is C27H32N2O5S. The first kappa shape index (κ1) is 26.1. The quantitative estimate of drug-likeness (QED) is 0.395. The molecule has 0 bridgehead atoms. The molecule has 0 spiro atoms. The molecule has 186 valence electrons. The fourth-order valence-corrected chi connectivity index (χ4v) is 4.95. The number of nitrogens with zero attached hydrogens (tertiary/aromatic N) is 1. The summed E-state index contributed by atoms with van der Waals surface area (Å²) in [7, 11) is -2.48. The number of rotatable bonds is 11. The number of aryl methyl sites for hydroxylation is 1. The lowest BCUT2D eigenvalue weighted by Gasteiger charge is -2.24. The van der Waals surface area contributed by atoms with Crippen LogP contribution in [-0.4, -0.2) is 41.1 Å². The second-order valence-corrected chi connectivity index (χ2v) is 10.3. The van der Waals surface area contributed by atoms with Gasteiger partial charge in [0.15, 0.2) is 0 Å². The van der Waals surface area contributed by atoms with Crippen molar-refractivity contribution in [3.05, 3.63) is 83.9 Å². The summed E-state index contributed by atoms with van der Waals surface area (Å²) in [5.74, 6) is 1.21. The van der Waals surface area contributed by atoms with Gasteiger partial charge in [0.25, 0.3) is 10.0 Å². The van der Waals surface area contributed by atoms with Crippen LogP contribution < -0.4 is 19.1 Å². The summed E-state index contributed by atoms with van der Waals surface area (Å²) in [6.07, 6.45) is 0. The van der Waals surface area contributed by atoms with Crippen molar-refractivity contribution in [3.8, 4) is 11.5 Å².